The number of fused-ring (bicyclic) bond motifs is 2. The second-order valence-electron chi connectivity index (χ2n) is 8.85. The minimum Gasteiger partial charge on any atom is -0.375 e. The van der Waals surface area contributed by atoms with E-state index in [0.29, 0.717) is 0 Å². The third kappa shape index (κ3) is 6.44. The molecule has 0 bridgehead atoms. The molecule has 1 fully saturated rings. The fourth-order valence-corrected chi connectivity index (χ4v) is 6.36. The number of hydrogen-bond donors (Lipinski definition) is 0. The van der Waals surface area contributed by atoms with E-state index in [1.807, 2.05) is 11.3 Å². The Labute approximate surface area is 201 Å². The van der Waals surface area contributed by atoms with Gasteiger partial charge in [0.2, 0.25) is 5.52 Å². The highest BCUT2D eigenvalue weighted by Gasteiger charge is 2.26. The van der Waals surface area contributed by atoms with Crippen molar-refractivity contribution in [2.45, 2.75) is 58.4 Å². The number of benzene rings is 1. The van der Waals surface area contributed by atoms with Crippen molar-refractivity contribution in [2.24, 2.45) is 5.92 Å². The van der Waals surface area contributed by atoms with Gasteiger partial charge < -0.3 is 4.90 Å². The van der Waals surface area contributed by atoms with Gasteiger partial charge in [0.05, 0.1) is 0 Å². The lowest BCUT2D eigenvalue weighted by molar-refractivity contribution is -2.00. The van der Waals surface area contributed by atoms with Gasteiger partial charge in [0.1, 0.15) is 11.2 Å². The number of rotatable bonds is 3. The van der Waals surface area contributed by atoms with Gasteiger partial charge in [-0.15, -0.1) is 10.2 Å². The summed E-state index contributed by atoms with van der Waals surface area (Å²) in [6.45, 7) is 5.82. The Morgan fingerprint density at radius 2 is 1.73 bits per heavy atom. The first-order chi connectivity index (χ1) is 15.8. The Morgan fingerprint density at radius 3 is 2.45 bits per heavy atom. The van der Waals surface area contributed by atoms with Crippen molar-refractivity contribution in [2.75, 3.05) is 13.1 Å². The number of thiazole rings is 1. The molecule has 3 aliphatic rings. The average Bonchev–Trinajstić information content (AvgIpc) is 3.15. The van der Waals surface area contributed by atoms with Crippen molar-refractivity contribution in [1.82, 2.24) is 4.90 Å². The molecule has 2 heterocycles. The minimum absolute atomic E-state index is 0.784. The maximum Gasteiger partial charge on any atom is 0.263 e. The Balaban J connectivity index is 0.000000471. The second kappa shape index (κ2) is 10.7. The van der Waals surface area contributed by atoms with Crippen LogP contribution in [0.2, 0.25) is 0 Å². The number of piperidine rings is 1. The van der Waals surface area contributed by atoms with E-state index >= 15 is 0 Å². The number of allylic oxidation sites excluding steroid dienone is 5. The topological polar surface area (TPSA) is 99.4 Å². The molecule has 1 aliphatic heterocycles. The van der Waals surface area contributed by atoms with E-state index in [9.17, 15) is 0 Å². The number of nitrogens with zero attached hydrogens (tertiary/aromatic N) is 2. The van der Waals surface area contributed by atoms with Gasteiger partial charge in [0.15, 0.2) is 0 Å². The number of aromatic nitrogens is 1. The number of halogens is 1. The lowest BCUT2D eigenvalue weighted by atomic mass is 9.78. The molecule has 0 saturated carbocycles. The standard InChI is InChI=1S/C25H31N2S.ClHO4/c1-2-27-23-8-4-5-9-24(23)28-25(27)17-19-10-11-20-12-13-22(18-21(20)16-19)26-14-6-3-7-15-26;2-1(3,4)5/h4-5,8-9,16-18,20H,2-3,6-7,10-15H2,1H3;(H,2,3,4,5)/q+1;/p-1. The molecule has 0 amide bonds. The van der Waals surface area contributed by atoms with Gasteiger partial charge in [0.25, 0.3) is 5.01 Å². The molecule has 5 rings (SSSR count). The third-order valence-electron chi connectivity index (χ3n) is 6.71. The van der Waals surface area contributed by atoms with Crippen LogP contribution >= 0.6 is 11.3 Å². The van der Waals surface area contributed by atoms with E-state index in [-0.39, 0.29) is 0 Å². The van der Waals surface area contributed by atoms with Gasteiger partial charge >= 0.3 is 0 Å². The highest BCUT2D eigenvalue weighted by molar-refractivity contribution is 7.18. The Morgan fingerprint density at radius 1 is 1.03 bits per heavy atom. The molecule has 178 valence electrons. The minimum atomic E-state index is -4.94. The van der Waals surface area contributed by atoms with Crippen LogP contribution in [0.5, 0.6) is 0 Å². The first-order valence-electron chi connectivity index (χ1n) is 11.7. The summed E-state index contributed by atoms with van der Waals surface area (Å²) in [5.74, 6) is 0.784. The van der Waals surface area contributed by atoms with Crippen LogP contribution in [0.4, 0.5) is 0 Å². The molecule has 0 N–H and O–H groups in total. The maximum absolute atomic E-state index is 8.49. The van der Waals surface area contributed by atoms with Gasteiger partial charge in [0, 0.05) is 30.9 Å². The summed E-state index contributed by atoms with van der Waals surface area (Å²) in [7, 11) is -4.94. The monoisotopic (exact) mass is 490 g/mol. The first-order valence-corrected chi connectivity index (χ1v) is 13.8. The van der Waals surface area contributed by atoms with E-state index in [1.165, 1.54) is 78.8 Å². The summed E-state index contributed by atoms with van der Waals surface area (Å²) in [6.07, 6.45) is 16.8. The van der Waals surface area contributed by atoms with Crippen LogP contribution in [0.1, 0.15) is 56.9 Å². The van der Waals surface area contributed by atoms with Crippen LogP contribution in [0.25, 0.3) is 16.3 Å². The summed E-state index contributed by atoms with van der Waals surface area (Å²) >= 11 is 1.93. The van der Waals surface area contributed by atoms with Gasteiger partial charge in [-0.05, 0) is 81.1 Å². The quantitative estimate of drug-likeness (QED) is 0.604. The van der Waals surface area contributed by atoms with Crippen molar-refractivity contribution in [3.63, 3.8) is 0 Å². The van der Waals surface area contributed by atoms with Crippen molar-refractivity contribution in [1.29, 1.82) is 0 Å². The van der Waals surface area contributed by atoms with Gasteiger partial charge in [-0.2, -0.15) is 4.57 Å². The van der Waals surface area contributed by atoms with E-state index < -0.39 is 10.2 Å². The SMILES string of the molecule is CC[n+]1c(/C=C2/C=C3C=C(N4CCCCC4)CCC3CC2)sc2ccccc21.[O-][Cl+3]([O-])([O-])[O-]. The Hall–Kier alpha value is -1.74. The predicted molar refractivity (Wildman–Crippen MR) is 119 cm³/mol. The third-order valence-corrected chi connectivity index (χ3v) is 7.82. The van der Waals surface area contributed by atoms with Crippen molar-refractivity contribution in [3.8, 4) is 0 Å². The molecule has 8 heteroatoms. The van der Waals surface area contributed by atoms with Crippen molar-refractivity contribution >= 4 is 27.6 Å². The smallest absolute Gasteiger partial charge is 0.263 e. The lowest BCUT2D eigenvalue weighted by Gasteiger charge is -2.36. The molecule has 1 aromatic carbocycles. The van der Waals surface area contributed by atoms with E-state index in [0.717, 1.165) is 12.5 Å². The molecule has 6 nitrogen and oxygen atoms in total. The average molecular weight is 491 g/mol. The fraction of sp³-hybridized carbons (Fsp3) is 0.480. The summed E-state index contributed by atoms with van der Waals surface area (Å²) in [5, 5.41) is 1.39. The summed E-state index contributed by atoms with van der Waals surface area (Å²) in [6, 6.07) is 8.80. The number of para-hydroxylation sites is 1. The zero-order valence-corrected chi connectivity index (χ0v) is 20.6. The van der Waals surface area contributed by atoms with E-state index in [1.54, 1.807) is 11.3 Å². The normalized spacial score (nSPS) is 22.4. The van der Waals surface area contributed by atoms with Gasteiger partial charge in [-0.1, -0.05) is 29.5 Å². The summed E-state index contributed by atoms with van der Waals surface area (Å²) in [5.41, 5.74) is 6.08. The number of hydrogen-bond acceptors (Lipinski definition) is 6. The zero-order chi connectivity index (χ0) is 23.4. The van der Waals surface area contributed by atoms with Crippen molar-refractivity contribution < 1.29 is 33.4 Å². The maximum atomic E-state index is 8.49. The van der Waals surface area contributed by atoms with Crippen LogP contribution in [0.3, 0.4) is 0 Å². The molecule has 1 atom stereocenters. The number of likely N-dealkylation sites (tertiary alicyclic amines) is 1. The molecule has 1 aromatic heterocycles. The molecular weight excluding hydrogens is 460 g/mol. The van der Waals surface area contributed by atoms with Gasteiger partial charge in [-0.3, -0.25) is 0 Å². The lowest BCUT2D eigenvalue weighted by Crippen LogP contribution is -2.68. The van der Waals surface area contributed by atoms with E-state index in [2.05, 4.69) is 58.9 Å². The van der Waals surface area contributed by atoms with Crippen LogP contribution in [0.15, 0.2) is 53.3 Å². The predicted octanol–water partition coefficient (Wildman–Crippen LogP) is 1.34. The molecule has 33 heavy (non-hydrogen) atoms. The first kappa shape index (κ1) is 24.4. The molecule has 1 unspecified atom stereocenters. The highest BCUT2D eigenvalue weighted by Crippen LogP contribution is 2.39. The molecule has 0 radical (unpaired) electrons. The molecule has 2 aliphatic carbocycles. The van der Waals surface area contributed by atoms with E-state index in [4.69, 9.17) is 18.6 Å². The Kier molecular flexibility index (Phi) is 7.89. The van der Waals surface area contributed by atoms with Crippen LogP contribution in [-0.2, 0) is 6.54 Å². The van der Waals surface area contributed by atoms with Crippen LogP contribution in [-0.4, -0.2) is 18.0 Å². The fourth-order valence-electron chi connectivity index (χ4n) is 5.16. The van der Waals surface area contributed by atoms with Crippen molar-refractivity contribution in [3.05, 3.63) is 58.3 Å². The molecular formula is C25H31ClN2O4S. The Bertz CT molecular complexity index is 1060. The largest absolute Gasteiger partial charge is 0.375 e. The summed E-state index contributed by atoms with van der Waals surface area (Å²) < 4.78 is 37.8. The van der Waals surface area contributed by atoms with Crippen LogP contribution in [0, 0.1) is 16.2 Å². The van der Waals surface area contributed by atoms with Crippen LogP contribution < -0.4 is 23.2 Å². The second-order valence-corrected chi connectivity index (χ2v) is 10.7. The van der Waals surface area contributed by atoms with Gasteiger partial charge in [-0.25, -0.2) is 18.6 Å². The molecule has 0 spiro atoms. The summed E-state index contributed by atoms with van der Waals surface area (Å²) in [4.78, 5) is 2.66. The zero-order valence-electron chi connectivity index (χ0n) is 19.0. The number of aryl methyl sites for hydroxylation is 1. The molecule has 1 saturated heterocycles. The highest BCUT2D eigenvalue weighted by atomic mass is 35.7. The molecule has 2 aromatic rings.